The van der Waals surface area contributed by atoms with Gasteiger partial charge in [0.15, 0.2) is 21.2 Å². The van der Waals surface area contributed by atoms with E-state index in [1.165, 1.54) is 30.2 Å². The molecule has 1 N–H and O–H groups in total. The highest BCUT2D eigenvalue weighted by Crippen LogP contribution is 2.66. The number of rotatable bonds is 8. The highest BCUT2D eigenvalue weighted by atomic mass is 79.9. The molecule has 0 radical (unpaired) electrons. The summed E-state index contributed by atoms with van der Waals surface area (Å²) in [6.07, 6.45) is 5.47. The van der Waals surface area contributed by atoms with E-state index in [0.717, 1.165) is 28.2 Å². The molecule has 4 aromatic rings. The van der Waals surface area contributed by atoms with E-state index in [0.29, 0.717) is 28.3 Å². The van der Waals surface area contributed by atoms with Crippen molar-refractivity contribution in [3.63, 3.8) is 0 Å². The standard InChI is InChI=1S/C43H34BrCl2FN2O8/c1-55-28-14-17-33(56-2)23(18-28)7-4-22-5-10-26(11-6-22)48-38(51)30-16-15-29-31(35(30)39(48)52)21-42(45)40(53)49(27-12-8-25(47)9-13-27)41(54)43(42,46)36(29)24-19-32(44)37(50)34(20-24)57-3/h4-15,17-20,30-31,35-36,50H,16,21H2,1-3H3/t30-,31+,35-,36-,42+,43-/m0/s1. The number of phenolic OH excluding ortho intramolecular Hbond substituents is 1. The summed E-state index contributed by atoms with van der Waals surface area (Å²) in [7, 11) is 4.52. The van der Waals surface area contributed by atoms with E-state index in [1.54, 1.807) is 50.6 Å². The van der Waals surface area contributed by atoms with Crippen LogP contribution in [0, 0.1) is 23.6 Å². The maximum Gasteiger partial charge on any atom is 0.258 e. The topological polar surface area (TPSA) is 123 Å². The molecule has 0 bridgehead atoms. The summed E-state index contributed by atoms with van der Waals surface area (Å²) < 4.78 is 30.5. The Labute approximate surface area is 345 Å². The van der Waals surface area contributed by atoms with Gasteiger partial charge in [0.05, 0.1) is 49.0 Å². The molecule has 2 heterocycles. The van der Waals surface area contributed by atoms with Gasteiger partial charge in [0, 0.05) is 11.5 Å². The van der Waals surface area contributed by atoms with Crippen molar-refractivity contribution in [1.29, 1.82) is 0 Å². The summed E-state index contributed by atoms with van der Waals surface area (Å²) in [5.41, 5.74) is 2.96. The van der Waals surface area contributed by atoms with E-state index in [-0.39, 0.29) is 34.5 Å². The van der Waals surface area contributed by atoms with Crippen LogP contribution in [-0.4, -0.2) is 59.8 Å². The first kappa shape index (κ1) is 38.7. The minimum Gasteiger partial charge on any atom is -0.503 e. The van der Waals surface area contributed by atoms with Crippen LogP contribution in [0.5, 0.6) is 23.0 Å². The lowest BCUT2D eigenvalue weighted by Gasteiger charge is -2.50. The minimum absolute atomic E-state index is 0.0580. The molecule has 292 valence electrons. The van der Waals surface area contributed by atoms with Gasteiger partial charge in [0.2, 0.25) is 11.8 Å². The van der Waals surface area contributed by atoms with Gasteiger partial charge >= 0.3 is 0 Å². The van der Waals surface area contributed by atoms with Crippen molar-refractivity contribution >= 4 is 86.3 Å². The lowest BCUT2D eigenvalue weighted by molar-refractivity contribution is -0.125. The first-order valence-electron chi connectivity index (χ1n) is 17.9. The average Bonchev–Trinajstić information content (AvgIpc) is 3.55. The number of ether oxygens (including phenoxy) is 3. The maximum atomic E-state index is 14.7. The number of methoxy groups -OCH3 is 3. The molecule has 4 aromatic carbocycles. The van der Waals surface area contributed by atoms with Gasteiger partial charge in [-0.05, 0) is 113 Å². The summed E-state index contributed by atoms with van der Waals surface area (Å²) in [6, 6.07) is 20.3. The molecule has 0 spiro atoms. The van der Waals surface area contributed by atoms with E-state index in [4.69, 9.17) is 37.4 Å². The number of fused-ring (bicyclic) bond motifs is 4. The van der Waals surface area contributed by atoms with Crippen molar-refractivity contribution in [3.05, 3.63) is 117 Å². The predicted molar refractivity (Wildman–Crippen MR) is 216 cm³/mol. The molecule has 1 saturated carbocycles. The number of aromatic hydroxyl groups is 1. The fourth-order valence-electron chi connectivity index (χ4n) is 8.83. The Kier molecular flexibility index (Phi) is 9.73. The fraction of sp³-hybridized carbons (Fsp3) is 0.256. The smallest absolute Gasteiger partial charge is 0.258 e. The third-order valence-electron chi connectivity index (χ3n) is 11.5. The van der Waals surface area contributed by atoms with Gasteiger partial charge in [-0.25, -0.2) is 9.29 Å². The Morgan fingerprint density at radius 2 is 1.46 bits per heavy atom. The van der Waals surface area contributed by atoms with Crippen molar-refractivity contribution in [2.45, 2.75) is 28.5 Å². The number of carbonyl (C=O) groups excluding carboxylic acids is 4. The third kappa shape index (κ3) is 5.86. The zero-order chi connectivity index (χ0) is 40.6. The highest BCUT2D eigenvalue weighted by Gasteiger charge is 2.76. The summed E-state index contributed by atoms with van der Waals surface area (Å²) in [5, 5.41) is 10.7. The van der Waals surface area contributed by atoms with Crippen LogP contribution in [0.3, 0.4) is 0 Å². The van der Waals surface area contributed by atoms with Crippen LogP contribution in [0.25, 0.3) is 12.2 Å². The number of hydrogen-bond donors (Lipinski definition) is 1. The molecule has 4 amide bonds. The molecule has 4 aliphatic rings. The molecule has 2 saturated heterocycles. The molecule has 2 aliphatic carbocycles. The number of nitrogens with zero attached hydrogens (tertiary/aromatic N) is 2. The highest BCUT2D eigenvalue weighted by molar-refractivity contribution is 9.10. The van der Waals surface area contributed by atoms with Crippen molar-refractivity contribution in [1.82, 2.24) is 0 Å². The van der Waals surface area contributed by atoms with E-state index < -0.39 is 62.9 Å². The second-order valence-electron chi connectivity index (χ2n) is 14.3. The molecule has 3 fully saturated rings. The van der Waals surface area contributed by atoms with E-state index >= 15 is 0 Å². The van der Waals surface area contributed by atoms with Gasteiger partial charge in [0.1, 0.15) is 17.3 Å². The number of amides is 4. The van der Waals surface area contributed by atoms with Crippen molar-refractivity contribution in [2.24, 2.45) is 17.8 Å². The number of phenols is 1. The first-order valence-corrected chi connectivity index (χ1v) is 19.5. The van der Waals surface area contributed by atoms with Gasteiger partial charge in [-0.1, -0.05) is 35.9 Å². The number of alkyl halides is 2. The molecule has 0 aromatic heterocycles. The van der Waals surface area contributed by atoms with Crippen LogP contribution in [0.1, 0.15) is 35.4 Å². The lowest BCUT2D eigenvalue weighted by atomic mass is 9.56. The second kappa shape index (κ2) is 14.3. The molecule has 8 rings (SSSR count). The van der Waals surface area contributed by atoms with Crippen molar-refractivity contribution < 1.29 is 42.9 Å². The maximum absolute atomic E-state index is 14.7. The molecule has 14 heteroatoms. The third-order valence-corrected chi connectivity index (χ3v) is 13.6. The Hall–Kier alpha value is -5.17. The fourth-order valence-corrected chi connectivity index (χ4v) is 10.2. The zero-order valence-corrected chi connectivity index (χ0v) is 33.8. The van der Waals surface area contributed by atoms with Gasteiger partial charge in [0.25, 0.3) is 11.8 Å². The second-order valence-corrected chi connectivity index (χ2v) is 16.4. The molecule has 2 aliphatic heterocycles. The van der Waals surface area contributed by atoms with Crippen LogP contribution in [0.2, 0.25) is 0 Å². The molecular weight excluding hydrogens is 842 g/mol. The van der Waals surface area contributed by atoms with Gasteiger partial charge in [-0.2, -0.15) is 0 Å². The number of benzene rings is 4. The Morgan fingerprint density at radius 3 is 2.12 bits per heavy atom. The van der Waals surface area contributed by atoms with Crippen LogP contribution in [0.4, 0.5) is 15.8 Å². The first-order chi connectivity index (χ1) is 27.3. The Balaban J connectivity index is 1.17. The number of imide groups is 2. The lowest BCUT2D eigenvalue weighted by Crippen LogP contribution is -2.60. The summed E-state index contributed by atoms with van der Waals surface area (Å²) in [6.45, 7) is 0. The molecule has 10 nitrogen and oxygen atoms in total. The quantitative estimate of drug-likeness (QED) is 0.0813. The largest absolute Gasteiger partial charge is 0.503 e. The molecule has 57 heavy (non-hydrogen) atoms. The van der Waals surface area contributed by atoms with Crippen molar-refractivity contribution in [2.75, 3.05) is 31.1 Å². The van der Waals surface area contributed by atoms with Crippen LogP contribution in [0.15, 0.2) is 95.0 Å². The summed E-state index contributed by atoms with van der Waals surface area (Å²) >= 11 is 18.3. The summed E-state index contributed by atoms with van der Waals surface area (Å²) in [5.74, 6) is -5.59. The van der Waals surface area contributed by atoms with Crippen LogP contribution < -0.4 is 24.0 Å². The van der Waals surface area contributed by atoms with Crippen LogP contribution in [-0.2, 0) is 19.2 Å². The molecule has 0 unspecified atom stereocenters. The van der Waals surface area contributed by atoms with E-state index in [2.05, 4.69) is 15.9 Å². The summed E-state index contributed by atoms with van der Waals surface area (Å²) in [4.78, 5) is 55.8. The minimum atomic E-state index is -2.15. The monoisotopic (exact) mass is 874 g/mol. The normalized spacial score (nSPS) is 26.7. The number of halogens is 4. The average molecular weight is 877 g/mol. The van der Waals surface area contributed by atoms with Crippen molar-refractivity contribution in [3.8, 4) is 23.0 Å². The van der Waals surface area contributed by atoms with Gasteiger partial charge in [-0.15, -0.1) is 23.2 Å². The Morgan fingerprint density at radius 1 is 0.789 bits per heavy atom. The number of carbonyl (C=O) groups is 4. The Bertz CT molecular complexity index is 2420. The van der Waals surface area contributed by atoms with E-state index in [1.807, 2.05) is 30.4 Å². The van der Waals surface area contributed by atoms with Gasteiger partial charge in [-0.3, -0.25) is 24.1 Å². The SMILES string of the molecule is COc1ccc(OC)c(C=Cc2ccc(N3C(=O)[C@H]4[C@H](CC=C5[C@H]4C[C@@]4(Cl)C(=O)N(c6ccc(F)cc6)C(=O)[C@@]4(Cl)[C@H]5c4cc(Br)c(O)c(OC)c4)C3=O)cc2)c1. The number of hydrogen-bond acceptors (Lipinski definition) is 8. The predicted octanol–water partition coefficient (Wildman–Crippen LogP) is 8.26. The van der Waals surface area contributed by atoms with Crippen LogP contribution >= 0.6 is 39.1 Å². The molecular formula is C43H34BrCl2FN2O8. The van der Waals surface area contributed by atoms with E-state index in [9.17, 15) is 28.7 Å². The molecule has 6 atom stereocenters. The number of anilines is 2. The zero-order valence-electron chi connectivity index (χ0n) is 30.7. The van der Waals surface area contributed by atoms with Gasteiger partial charge < -0.3 is 19.3 Å². The number of allylic oxidation sites excluding steroid dienone is 2.